The second kappa shape index (κ2) is 15.0. The fraction of sp³-hybridized carbons (Fsp3) is 0.594. The van der Waals surface area contributed by atoms with Crippen LogP contribution in [-0.4, -0.2) is 119 Å². The van der Waals surface area contributed by atoms with E-state index in [1.807, 2.05) is 4.68 Å². The number of aryl methyl sites for hydroxylation is 1. The quantitative estimate of drug-likeness (QED) is 0.212. The fourth-order valence-electron chi connectivity index (χ4n) is 6.70. The third-order valence-electron chi connectivity index (χ3n) is 9.40. The van der Waals surface area contributed by atoms with Gasteiger partial charge in [0.25, 0.3) is 0 Å². The SMILES string of the molecule is CS(=O)(=O)N1CCc2c(c(-c3ccc(C(F)(F)F)c(SCCN4CCC(F)CC4)c3)nn2CCCN2CCN(c3cnccn3)CC2)C1. The third kappa shape index (κ3) is 8.49. The Kier molecular flexibility index (Phi) is 10.9. The minimum Gasteiger partial charge on any atom is -0.353 e. The molecule has 0 atom stereocenters. The van der Waals surface area contributed by atoms with Crippen LogP contribution >= 0.6 is 11.8 Å². The van der Waals surface area contributed by atoms with Gasteiger partial charge in [-0.05, 0) is 31.4 Å². The summed E-state index contributed by atoms with van der Waals surface area (Å²) in [5.41, 5.74) is 2.03. The summed E-state index contributed by atoms with van der Waals surface area (Å²) in [7, 11) is -3.48. The topological polar surface area (TPSA) is 90.7 Å². The van der Waals surface area contributed by atoms with Crippen LogP contribution in [0.5, 0.6) is 0 Å². The van der Waals surface area contributed by atoms with Gasteiger partial charge in [-0.3, -0.25) is 14.6 Å². The average Bonchev–Trinajstić information content (AvgIpc) is 3.43. The Morgan fingerprint density at radius 1 is 0.958 bits per heavy atom. The van der Waals surface area contributed by atoms with Crippen molar-refractivity contribution in [3.05, 3.63) is 53.6 Å². The lowest BCUT2D eigenvalue weighted by Gasteiger charge is -2.35. The lowest BCUT2D eigenvalue weighted by molar-refractivity contribution is -0.139. The van der Waals surface area contributed by atoms with E-state index in [0.717, 1.165) is 74.0 Å². The molecule has 0 bridgehead atoms. The third-order valence-corrected chi connectivity index (χ3v) is 11.7. The summed E-state index contributed by atoms with van der Waals surface area (Å²) in [6.45, 7) is 7.20. The van der Waals surface area contributed by atoms with Crippen molar-refractivity contribution in [2.24, 2.45) is 0 Å². The smallest absolute Gasteiger partial charge is 0.353 e. The number of anilines is 1. The molecule has 3 aromatic rings. The van der Waals surface area contributed by atoms with E-state index in [4.69, 9.17) is 5.10 Å². The number of alkyl halides is 4. The highest BCUT2D eigenvalue weighted by Crippen LogP contribution is 2.40. The Morgan fingerprint density at radius 2 is 1.71 bits per heavy atom. The highest BCUT2D eigenvalue weighted by atomic mass is 32.2. The molecule has 6 rings (SSSR count). The normalized spacial score (nSPS) is 19.1. The first-order chi connectivity index (χ1) is 23.0. The van der Waals surface area contributed by atoms with Gasteiger partial charge in [-0.1, -0.05) is 6.07 Å². The van der Waals surface area contributed by atoms with Crippen LogP contribution in [0.2, 0.25) is 0 Å². The Morgan fingerprint density at radius 3 is 2.40 bits per heavy atom. The van der Waals surface area contributed by atoms with Crippen LogP contribution in [0, 0.1) is 0 Å². The number of hydrogen-bond acceptors (Lipinski definition) is 9. The Bertz CT molecular complexity index is 1640. The standard InChI is InChI=1S/C32H42F4N8O2S2/c1-48(45,46)43-14-7-28-26(23-43)31(39-44(28)11-2-10-40-15-17-42(18-16-40)30-22-37-8-9-38-30)24-3-4-27(32(34,35)36)29(21-24)47-20-19-41-12-5-25(33)6-13-41/h3-4,8-9,21-22,25H,2,5-7,10-20,23H2,1H3. The number of piperidine rings is 1. The number of hydrogen-bond donors (Lipinski definition) is 0. The number of benzene rings is 1. The first-order valence-electron chi connectivity index (χ1n) is 16.4. The molecule has 0 amide bonds. The summed E-state index contributed by atoms with van der Waals surface area (Å²) in [5.74, 6) is 1.31. The van der Waals surface area contributed by atoms with Crippen molar-refractivity contribution in [1.29, 1.82) is 0 Å². The summed E-state index contributed by atoms with van der Waals surface area (Å²) in [4.78, 5) is 15.4. The van der Waals surface area contributed by atoms with Gasteiger partial charge in [0.1, 0.15) is 12.0 Å². The largest absolute Gasteiger partial charge is 0.417 e. The van der Waals surface area contributed by atoms with Crippen molar-refractivity contribution in [1.82, 2.24) is 33.9 Å². The number of fused-ring (bicyclic) bond motifs is 1. The van der Waals surface area contributed by atoms with E-state index in [0.29, 0.717) is 69.0 Å². The maximum atomic E-state index is 14.1. The van der Waals surface area contributed by atoms with Crippen molar-refractivity contribution in [3.63, 3.8) is 0 Å². The molecule has 3 aliphatic heterocycles. The zero-order chi connectivity index (χ0) is 33.9. The van der Waals surface area contributed by atoms with Gasteiger partial charge < -0.3 is 9.80 Å². The molecule has 2 saturated heterocycles. The number of aromatic nitrogens is 4. The molecule has 0 radical (unpaired) electrons. The highest BCUT2D eigenvalue weighted by Gasteiger charge is 2.35. The predicted molar refractivity (Wildman–Crippen MR) is 178 cm³/mol. The Balaban J connectivity index is 1.18. The summed E-state index contributed by atoms with van der Waals surface area (Å²) in [6.07, 6.45) is 3.17. The molecule has 0 spiro atoms. The van der Waals surface area contributed by atoms with Crippen molar-refractivity contribution >= 4 is 27.6 Å². The van der Waals surface area contributed by atoms with Crippen LogP contribution in [0.15, 0.2) is 41.7 Å². The highest BCUT2D eigenvalue weighted by molar-refractivity contribution is 7.99. The summed E-state index contributed by atoms with van der Waals surface area (Å²) >= 11 is 1.14. The fourth-order valence-corrected chi connectivity index (χ4v) is 8.60. The molecule has 16 heteroatoms. The lowest BCUT2D eigenvalue weighted by atomic mass is 10.0. The minimum absolute atomic E-state index is 0.111. The van der Waals surface area contributed by atoms with Crippen LogP contribution in [0.1, 0.15) is 36.1 Å². The van der Waals surface area contributed by atoms with Crippen LogP contribution in [-0.2, 0) is 35.7 Å². The monoisotopic (exact) mass is 710 g/mol. The van der Waals surface area contributed by atoms with Gasteiger partial charge in [-0.15, -0.1) is 11.8 Å². The molecular weight excluding hydrogens is 669 g/mol. The molecule has 0 saturated carbocycles. The number of rotatable bonds is 11. The molecular formula is C32H42F4N8O2S2. The molecule has 48 heavy (non-hydrogen) atoms. The molecule has 2 fully saturated rings. The number of sulfonamides is 1. The maximum Gasteiger partial charge on any atom is 0.417 e. The van der Waals surface area contributed by atoms with Crippen molar-refractivity contribution < 1.29 is 26.0 Å². The number of thioether (sulfide) groups is 1. The number of nitrogens with zero attached hydrogens (tertiary/aromatic N) is 8. The summed E-state index contributed by atoms with van der Waals surface area (Å²) < 4.78 is 84.2. The second-order valence-electron chi connectivity index (χ2n) is 12.7. The van der Waals surface area contributed by atoms with E-state index in [2.05, 4.69) is 24.7 Å². The molecule has 3 aliphatic rings. The van der Waals surface area contributed by atoms with Crippen LogP contribution in [0.3, 0.4) is 0 Å². The van der Waals surface area contributed by atoms with Gasteiger partial charge in [0.05, 0.1) is 23.7 Å². The first kappa shape index (κ1) is 35.1. The van der Waals surface area contributed by atoms with E-state index < -0.39 is 27.9 Å². The van der Waals surface area contributed by atoms with E-state index in [1.54, 1.807) is 24.7 Å². The van der Waals surface area contributed by atoms with Crippen molar-refractivity contribution in [2.45, 2.75) is 56.0 Å². The zero-order valence-corrected chi connectivity index (χ0v) is 28.7. The molecule has 2 aromatic heterocycles. The van der Waals surface area contributed by atoms with Gasteiger partial charge in [-0.2, -0.15) is 22.6 Å². The molecule has 262 valence electrons. The van der Waals surface area contributed by atoms with E-state index in [9.17, 15) is 26.0 Å². The second-order valence-corrected chi connectivity index (χ2v) is 15.8. The maximum absolute atomic E-state index is 14.1. The van der Waals surface area contributed by atoms with Gasteiger partial charge in [0.2, 0.25) is 10.0 Å². The number of likely N-dealkylation sites (tertiary alicyclic amines) is 1. The summed E-state index contributed by atoms with van der Waals surface area (Å²) in [5, 5.41) is 4.93. The molecule has 0 unspecified atom stereocenters. The van der Waals surface area contributed by atoms with E-state index in [-0.39, 0.29) is 11.4 Å². The van der Waals surface area contributed by atoms with E-state index >= 15 is 0 Å². The number of piperazine rings is 1. The minimum atomic E-state index is -4.53. The van der Waals surface area contributed by atoms with Crippen molar-refractivity contribution in [3.8, 4) is 11.3 Å². The van der Waals surface area contributed by atoms with Crippen molar-refractivity contribution in [2.75, 3.05) is 75.8 Å². The van der Waals surface area contributed by atoms with Gasteiger partial charge in [-0.25, -0.2) is 17.8 Å². The Labute approximate surface area is 283 Å². The van der Waals surface area contributed by atoms with E-state index in [1.165, 1.54) is 16.6 Å². The van der Waals surface area contributed by atoms with Crippen LogP contribution in [0.25, 0.3) is 11.3 Å². The van der Waals surface area contributed by atoms with Gasteiger partial charge in [0, 0.05) is 118 Å². The van der Waals surface area contributed by atoms with Crippen LogP contribution in [0.4, 0.5) is 23.4 Å². The number of halogens is 4. The predicted octanol–water partition coefficient (Wildman–Crippen LogP) is 4.41. The molecule has 10 nitrogen and oxygen atoms in total. The summed E-state index contributed by atoms with van der Waals surface area (Å²) in [6, 6.07) is 4.10. The molecule has 0 N–H and O–H groups in total. The first-order valence-corrected chi connectivity index (χ1v) is 19.3. The molecule has 1 aromatic carbocycles. The van der Waals surface area contributed by atoms with Gasteiger partial charge >= 0.3 is 6.18 Å². The van der Waals surface area contributed by atoms with Crippen LogP contribution < -0.4 is 4.90 Å². The molecule has 5 heterocycles. The van der Waals surface area contributed by atoms with Gasteiger partial charge in [0.15, 0.2) is 0 Å². The zero-order valence-electron chi connectivity index (χ0n) is 27.1. The average molecular weight is 711 g/mol. The Hall–Kier alpha value is -2.79. The molecule has 0 aliphatic carbocycles. The lowest BCUT2D eigenvalue weighted by Crippen LogP contribution is -2.47.